The molecule has 188 valence electrons. The van der Waals surface area contributed by atoms with Crippen LogP contribution in [0.3, 0.4) is 0 Å². The second-order valence-corrected chi connectivity index (χ2v) is 9.07. The Morgan fingerprint density at radius 3 is 2.81 bits per heavy atom. The van der Waals surface area contributed by atoms with Gasteiger partial charge in [-0.05, 0) is 37.1 Å². The number of piperazine rings is 1. The normalized spacial score (nSPS) is 16.5. The van der Waals surface area contributed by atoms with E-state index in [1.54, 1.807) is 6.20 Å². The van der Waals surface area contributed by atoms with Crippen LogP contribution >= 0.6 is 11.6 Å². The van der Waals surface area contributed by atoms with Gasteiger partial charge in [-0.3, -0.25) is 4.79 Å². The van der Waals surface area contributed by atoms with E-state index in [2.05, 4.69) is 31.7 Å². The van der Waals surface area contributed by atoms with Crippen molar-refractivity contribution in [3.05, 3.63) is 54.2 Å². The second-order valence-electron chi connectivity index (χ2n) is 8.69. The first-order valence-corrected chi connectivity index (χ1v) is 11.6. The number of amides is 1. The number of carbonyl (C=O) groups is 1. The van der Waals surface area contributed by atoms with E-state index >= 15 is 0 Å². The largest absolute Gasteiger partial charge is 0.486 e. The molecule has 0 atom stereocenters. The first-order valence-electron chi connectivity index (χ1n) is 11.3. The lowest BCUT2D eigenvalue weighted by molar-refractivity contribution is -0.129. The van der Waals surface area contributed by atoms with Gasteiger partial charge in [-0.1, -0.05) is 18.2 Å². The van der Waals surface area contributed by atoms with Gasteiger partial charge in [-0.2, -0.15) is 0 Å². The average Bonchev–Trinajstić information content (AvgIpc) is 3.64. The Balaban J connectivity index is 1.41. The lowest BCUT2D eigenvalue weighted by Gasteiger charge is -2.42. The van der Waals surface area contributed by atoms with E-state index < -0.39 is 23.9 Å². The van der Waals surface area contributed by atoms with Gasteiger partial charge in [-0.15, -0.1) is 0 Å². The molecular weight excluding hydrogens is 497 g/mol. The number of hydrogen-bond acceptors (Lipinski definition) is 7. The predicted molar refractivity (Wildman–Crippen MR) is 130 cm³/mol. The molecule has 2 aromatic heterocycles. The van der Waals surface area contributed by atoms with E-state index in [-0.39, 0.29) is 22.9 Å². The molecular formula is C24H22ClF3N6O2. The maximum atomic E-state index is 14.9. The molecule has 3 aromatic rings. The van der Waals surface area contributed by atoms with Crippen molar-refractivity contribution in [3.8, 4) is 5.75 Å². The Morgan fingerprint density at radius 1 is 1.28 bits per heavy atom. The minimum absolute atomic E-state index is 0.00348. The molecule has 1 N–H and O–H groups in total. The van der Waals surface area contributed by atoms with Crippen molar-refractivity contribution in [3.63, 3.8) is 0 Å². The molecule has 8 nitrogen and oxygen atoms in total. The summed E-state index contributed by atoms with van der Waals surface area (Å²) in [4.78, 5) is 29.3. The summed E-state index contributed by atoms with van der Waals surface area (Å²) in [5.41, 5.74) is 0.333. The molecule has 1 aliphatic heterocycles. The average molecular weight is 519 g/mol. The fourth-order valence-electron chi connectivity index (χ4n) is 4.44. The van der Waals surface area contributed by atoms with Gasteiger partial charge < -0.3 is 19.9 Å². The molecule has 1 saturated heterocycles. The minimum atomic E-state index is -2.71. The van der Waals surface area contributed by atoms with Crippen LogP contribution in [0.15, 0.2) is 43.4 Å². The van der Waals surface area contributed by atoms with E-state index in [0.717, 1.165) is 12.8 Å². The van der Waals surface area contributed by atoms with E-state index in [0.29, 0.717) is 42.2 Å². The lowest BCUT2D eigenvalue weighted by Crippen LogP contribution is -2.57. The first-order chi connectivity index (χ1) is 17.3. The number of anilines is 3. The fraction of sp³-hybridized carbons (Fsp3) is 0.333. The number of rotatable bonds is 7. The topological polar surface area (TPSA) is 83.5 Å². The highest BCUT2D eigenvalue weighted by molar-refractivity contribution is 6.32. The molecule has 0 bridgehead atoms. The van der Waals surface area contributed by atoms with Crippen LogP contribution in [0.4, 0.5) is 30.5 Å². The van der Waals surface area contributed by atoms with E-state index in [1.165, 1.54) is 24.5 Å². The van der Waals surface area contributed by atoms with Gasteiger partial charge in [0.15, 0.2) is 5.82 Å². The SMILES string of the molecule is C=CC(=O)N1CCN(c2cc3c(Nc4ccc(OCC(F)F)c(Cl)c4F)ncnc3cn2)CC12CC2. The number of hydrogen-bond donors (Lipinski definition) is 1. The van der Waals surface area contributed by atoms with Crippen LogP contribution in [0, 0.1) is 5.82 Å². The number of halogens is 4. The molecule has 36 heavy (non-hydrogen) atoms. The number of aromatic nitrogens is 3. The van der Waals surface area contributed by atoms with Crippen molar-refractivity contribution in [2.24, 2.45) is 0 Å². The van der Waals surface area contributed by atoms with Crippen molar-refractivity contribution in [1.29, 1.82) is 0 Å². The van der Waals surface area contributed by atoms with Gasteiger partial charge in [0.05, 0.1) is 22.9 Å². The smallest absolute Gasteiger partial charge is 0.272 e. The Labute approximate surface area is 209 Å². The van der Waals surface area contributed by atoms with E-state index in [1.807, 2.05) is 11.0 Å². The van der Waals surface area contributed by atoms with Gasteiger partial charge in [0.1, 0.15) is 35.3 Å². The van der Waals surface area contributed by atoms with Crippen LogP contribution < -0.4 is 15.0 Å². The summed E-state index contributed by atoms with van der Waals surface area (Å²) in [6.07, 6.45) is 3.42. The van der Waals surface area contributed by atoms with Crippen molar-refractivity contribution < 1.29 is 22.7 Å². The molecule has 2 aliphatic rings. The highest BCUT2D eigenvalue weighted by Gasteiger charge is 2.52. The Kier molecular flexibility index (Phi) is 6.33. The maximum absolute atomic E-state index is 14.9. The molecule has 5 rings (SSSR count). The summed E-state index contributed by atoms with van der Waals surface area (Å²) in [5, 5.41) is 3.10. The second kappa shape index (κ2) is 9.45. The summed E-state index contributed by atoms with van der Waals surface area (Å²) in [6.45, 7) is 4.52. The highest BCUT2D eigenvalue weighted by atomic mass is 35.5. The van der Waals surface area contributed by atoms with Crippen LogP contribution in [-0.4, -0.2) is 64.0 Å². The number of carbonyl (C=O) groups excluding carboxylic acids is 1. The predicted octanol–water partition coefficient (Wildman–Crippen LogP) is 4.57. The van der Waals surface area contributed by atoms with Gasteiger partial charge in [0.2, 0.25) is 5.91 Å². The van der Waals surface area contributed by atoms with Crippen molar-refractivity contribution in [2.45, 2.75) is 24.8 Å². The summed E-state index contributed by atoms with van der Waals surface area (Å²) in [5.74, 6) is -0.0943. The molecule has 1 saturated carbocycles. The van der Waals surface area contributed by atoms with Gasteiger partial charge in [-0.25, -0.2) is 28.1 Å². The fourth-order valence-corrected chi connectivity index (χ4v) is 4.66. The zero-order chi connectivity index (χ0) is 25.4. The zero-order valence-electron chi connectivity index (χ0n) is 19.1. The van der Waals surface area contributed by atoms with Gasteiger partial charge in [0.25, 0.3) is 6.43 Å². The van der Waals surface area contributed by atoms with Crippen molar-refractivity contribution >= 4 is 45.7 Å². The number of benzene rings is 1. The molecule has 0 unspecified atom stereocenters. The van der Waals surface area contributed by atoms with Gasteiger partial charge >= 0.3 is 0 Å². The van der Waals surface area contributed by atoms with Crippen molar-refractivity contribution in [1.82, 2.24) is 19.9 Å². The standard InChI is InChI=1S/C24H22ClF3N6O2/c1-2-20(35)34-8-7-33(12-24(34)5-6-24)19-9-14-16(10-29-19)30-13-31-23(14)32-15-3-4-17(21(25)22(15)28)36-11-18(26)27/h2-4,9-10,13,18H,1,5-8,11-12H2,(H,30,31,32). The molecule has 1 spiro atoms. The van der Waals surface area contributed by atoms with Crippen LogP contribution in [-0.2, 0) is 4.79 Å². The zero-order valence-corrected chi connectivity index (χ0v) is 19.8. The van der Waals surface area contributed by atoms with Crippen LogP contribution in [0.5, 0.6) is 5.75 Å². The van der Waals surface area contributed by atoms with Crippen molar-refractivity contribution in [2.75, 3.05) is 36.5 Å². The quantitative estimate of drug-likeness (QED) is 0.459. The summed E-state index contributed by atoms with van der Waals surface area (Å²) in [6, 6.07) is 4.47. The number of nitrogens with one attached hydrogen (secondary N) is 1. The first kappa shape index (κ1) is 24.1. The number of nitrogens with zero attached hydrogens (tertiary/aromatic N) is 5. The molecule has 0 radical (unpaired) electrons. The Hall–Kier alpha value is -3.60. The van der Waals surface area contributed by atoms with Crippen LogP contribution in [0.2, 0.25) is 5.02 Å². The highest BCUT2D eigenvalue weighted by Crippen LogP contribution is 2.45. The third-order valence-electron chi connectivity index (χ3n) is 6.42. The number of pyridine rings is 1. The number of alkyl halides is 2. The lowest BCUT2D eigenvalue weighted by atomic mass is 10.1. The van der Waals surface area contributed by atoms with Crippen LogP contribution in [0.25, 0.3) is 10.9 Å². The molecule has 12 heteroatoms. The monoisotopic (exact) mass is 518 g/mol. The van der Waals surface area contributed by atoms with Crippen LogP contribution in [0.1, 0.15) is 12.8 Å². The molecule has 1 amide bonds. The molecule has 2 fully saturated rings. The summed E-state index contributed by atoms with van der Waals surface area (Å²) < 4.78 is 44.6. The minimum Gasteiger partial charge on any atom is -0.486 e. The third-order valence-corrected chi connectivity index (χ3v) is 6.77. The molecule has 3 heterocycles. The molecule has 1 aliphatic carbocycles. The Morgan fingerprint density at radius 2 is 2.08 bits per heavy atom. The summed E-state index contributed by atoms with van der Waals surface area (Å²) in [7, 11) is 0. The number of ether oxygens (including phenoxy) is 1. The van der Waals surface area contributed by atoms with E-state index in [9.17, 15) is 18.0 Å². The number of fused-ring (bicyclic) bond motifs is 1. The maximum Gasteiger partial charge on any atom is 0.272 e. The molecule has 1 aromatic carbocycles. The van der Waals surface area contributed by atoms with E-state index in [4.69, 9.17) is 16.3 Å². The third kappa shape index (κ3) is 4.50. The summed E-state index contributed by atoms with van der Waals surface area (Å²) >= 11 is 6.00. The van der Waals surface area contributed by atoms with Gasteiger partial charge in [0, 0.05) is 25.0 Å². The Bertz CT molecular complexity index is 1340.